The van der Waals surface area contributed by atoms with Gasteiger partial charge in [0.05, 0.1) is 12.9 Å². The molecule has 16 heteroatoms. The number of aliphatic hydroxyl groups is 2. The summed E-state index contributed by atoms with van der Waals surface area (Å²) in [6, 6.07) is 2.62. The fourth-order valence-electron chi connectivity index (χ4n) is 3.37. The van der Waals surface area contributed by atoms with E-state index in [2.05, 4.69) is 24.8 Å². The zero-order valence-electron chi connectivity index (χ0n) is 16.6. The number of anilines is 1. The van der Waals surface area contributed by atoms with Crippen LogP contribution in [0.5, 0.6) is 17.2 Å². The number of benzene rings is 1. The zero-order chi connectivity index (χ0) is 23.9. The normalized spacial score (nSPS) is 23.3. The maximum absolute atomic E-state index is 10.9. The van der Waals surface area contributed by atoms with Gasteiger partial charge in [-0.15, -0.1) is 0 Å². The Morgan fingerprint density at radius 1 is 1.09 bits per heavy atom. The molecule has 1 aliphatic rings. The molecule has 2 aromatic heterocycles. The van der Waals surface area contributed by atoms with Crippen molar-refractivity contribution in [2.45, 2.75) is 31.1 Å². The van der Waals surface area contributed by atoms with Crippen LogP contribution in [0.3, 0.4) is 0 Å². The number of hydrogen-bond donors (Lipinski definition) is 8. The lowest BCUT2D eigenvalue weighted by Gasteiger charge is -2.16. The van der Waals surface area contributed by atoms with Gasteiger partial charge in [0.1, 0.15) is 24.6 Å². The highest BCUT2D eigenvalue weighted by molar-refractivity contribution is 7.46. The summed E-state index contributed by atoms with van der Waals surface area (Å²) in [6.07, 6.45) is -2.90. The Bertz CT molecular complexity index is 1220. The summed E-state index contributed by atoms with van der Waals surface area (Å²) in [5, 5.41) is 52.5. The first-order valence-corrected chi connectivity index (χ1v) is 11.0. The van der Waals surface area contributed by atoms with Gasteiger partial charge >= 0.3 is 7.82 Å². The minimum atomic E-state index is -4.80. The summed E-state index contributed by atoms with van der Waals surface area (Å²) in [5.74, 6) is -1.39. The molecule has 1 aliphatic heterocycles. The van der Waals surface area contributed by atoms with Gasteiger partial charge in [0.15, 0.2) is 34.7 Å². The number of fused-ring (bicyclic) bond motifs is 1. The van der Waals surface area contributed by atoms with E-state index in [1.54, 1.807) is 0 Å². The van der Waals surface area contributed by atoms with Crippen LogP contribution in [0.2, 0.25) is 0 Å². The van der Waals surface area contributed by atoms with Crippen molar-refractivity contribution in [2.75, 3.05) is 11.9 Å². The first-order chi connectivity index (χ1) is 15.6. The highest BCUT2D eigenvalue weighted by atomic mass is 31.2. The zero-order valence-corrected chi connectivity index (χ0v) is 17.5. The van der Waals surface area contributed by atoms with Crippen LogP contribution in [-0.4, -0.2) is 79.8 Å². The number of nitrogens with one attached hydrogen (secondary N) is 1. The second kappa shape index (κ2) is 8.72. The van der Waals surface area contributed by atoms with Crippen molar-refractivity contribution in [3.8, 4) is 17.2 Å². The van der Waals surface area contributed by atoms with Crippen LogP contribution in [0.15, 0.2) is 24.8 Å². The summed E-state index contributed by atoms with van der Waals surface area (Å²) in [5.41, 5.74) is 0.723. The maximum Gasteiger partial charge on any atom is 0.469 e. The summed E-state index contributed by atoms with van der Waals surface area (Å²) in [6.45, 7) is -0.655. The molecule has 0 saturated carbocycles. The fourth-order valence-corrected chi connectivity index (χ4v) is 3.71. The highest BCUT2D eigenvalue weighted by Crippen LogP contribution is 2.39. The molecule has 4 rings (SSSR count). The SMILES string of the molecule is O=P(O)(O)OC[C@H]1O[C@@H](n2cnc3c(NCc4ccc(O)c(O)c4O)ncnc32)[C@H](O)[C@@H]1O. The number of phosphoric ester groups is 1. The van der Waals surface area contributed by atoms with Crippen molar-refractivity contribution in [3.05, 3.63) is 30.4 Å². The summed E-state index contributed by atoms with van der Waals surface area (Å²) < 4.78 is 22.1. The standard InChI is InChI=1S/C17H20N5O10P/c23-8-2-1-7(11(24)12(8)25)3-18-15-10-16(20-5-19-15)22(6-21-10)17-14(27)13(26)9(32-17)4-31-33(28,29)30/h1-2,5-6,9,13-14,17,23-27H,3-4H2,(H,18,19,20)(H2,28,29,30)/t9-,13-,14-,17-/m1/s1. The van der Waals surface area contributed by atoms with Gasteiger partial charge in [-0.05, 0) is 12.1 Å². The second-order valence-electron chi connectivity index (χ2n) is 7.17. The summed E-state index contributed by atoms with van der Waals surface area (Å²) in [4.78, 5) is 30.1. The topological polar surface area (TPSA) is 233 Å². The maximum atomic E-state index is 10.9. The molecule has 0 amide bonds. The van der Waals surface area contributed by atoms with Gasteiger partial charge in [0.25, 0.3) is 0 Å². The molecule has 0 aliphatic carbocycles. The number of aliphatic hydroxyl groups excluding tert-OH is 2. The van der Waals surface area contributed by atoms with Crippen LogP contribution in [0.1, 0.15) is 11.8 Å². The Morgan fingerprint density at radius 3 is 2.58 bits per heavy atom. The molecule has 1 aromatic carbocycles. The van der Waals surface area contributed by atoms with E-state index in [-0.39, 0.29) is 29.1 Å². The van der Waals surface area contributed by atoms with Crippen LogP contribution < -0.4 is 5.32 Å². The molecule has 33 heavy (non-hydrogen) atoms. The minimum absolute atomic E-state index is 0.00169. The first kappa shape index (κ1) is 23.1. The van der Waals surface area contributed by atoms with Gasteiger partial charge in [-0.3, -0.25) is 9.09 Å². The third-order valence-electron chi connectivity index (χ3n) is 5.04. The van der Waals surface area contributed by atoms with Crippen molar-refractivity contribution >= 4 is 24.8 Å². The molecular weight excluding hydrogens is 465 g/mol. The van der Waals surface area contributed by atoms with E-state index in [1.807, 2.05) is 0 Å². The van der Waals surface area contributed by atoms with Crippen molar-refractivity contribution in [1.82, 2.24) is 19.5 Å². The summed E-state index contributed by atoms with van der Waals surface area (Å²) >= 11 is 0. The third kappa shape index (κ3) is 4.56. The predicted octanol–water partition coefficient (Wildman–Crippen LogP) is -0.716. The lowest BCUT2D eigenvalue weighted by Crippen LogP contribution is -2.33. The molecule has 0 radical (unpaired) electrons. The Balaban J connectivity index is 1.55. The molecule has 4 atom stereocenters. The van der Waals surface area contributed by atoms with Crippen LogP contribution in [0, 0.1) is 0 Å². The largest absolute Gasteiger partial charge is 0.504 e. The number of hydrogen-bond acceptors (Lipinski definition) is 12. The van der Waals surface area contributed by atoms with Crippen molar-refractivity contribution < 1.29 is 49.1 Å². The number of phenols is 3. The number of rotatable bonds is 7. The first-order valence-electron chi connectivity index (χ1n) is 9.42. The highest BCUT2D eigenvalue weighted by Gasteiger charge is 2.45. The van der Waals surface area contributed by atoms with Gasteiger partial charge in [-0.1, -0.05) is 0 Å². The third-order valence-corrected chi connectivity index (χ3v) is 5.52. The lowest BCUT2D eigenvalue weighted by atomic mass is 10.1. The molecular formula is C17H20N5O10P. The number of phosphoric acid groups is 1. The molecule has 3 aromatic rings. The van der Waals surface area contributed by atoms with Crippen LogP contribution in [-0.2, 0) is 20.4 Å². The minimum Gasteiger partial charge on any atom is -0.504 e. The lowest BCUT2D eigenvalue weighted by molar-refractivity contribution is -0.0504. The van der Waals surface area contributed by atoms with E-state index in [0.29, 0.717) is 0 Å². The number of ether oxygens (including phenoxy) is 1. The van der Waals surface area contributed by atoms with E-state index >= 15 is 0 Å². The Kier molecular flexibility index (Phi) is 6.11. The predicted molar refractivity (Wildman–Crippen MR) is 108 cm³/mol. The van der Waals surface area contributed by atoms with Crippen LogP contribution in [0.4, 0.5) is 5.82 Å². The quantitative estimate of drug-likeness (QED) is 0.152. The van der Waals surface area contributed by atoms with Gasteiger partial charge in [0, 0.05) is 12.1 Å². The van der Waals surface area contributed by atoms with Gasteiger partial charge < -0.3 is 45.4 Å². The van der Waals surface area contributed by atoms with E-state index in [4.69, 9.17) is 14.5 Å². The Labute approximate surface area is 184 Å². The van der Waals surface area contributed by atoms with E-state index in [1.165, 1.54) is 29.4 Å². The molecule has 8 N–H and O–H groups in total. The second-order valence-corrected chi connectivity index (χ2v) is 8.41. The van der Waals surface area contributed by atoms with Gasteiger partial charge in [-0.2, -0.15) is 0 Å². The molecule has 3 heterocycles. The molecule has 1 fully saturated rings. The Morgan fingerprint density at radius 2 is 1.85 bits per heavy atom. The molecule has 15 nitrogen and oxygen atoms in total. The van der Waals surface area contributed by atoms with Crippen LogP contribution in [0.25, 0.3) is 11.2 Å². The molecule has 178 valence electrons. The van der Waals surface area contributed by atoms with Gasteiger partial charge in [0.2, 0.25) is 5.75 Å². The van der Waals surface area contributed by atoms with Crippen LogP contribution >= 0.6 is 7.82 Å². The number of nitrogens with zero attached hydrogens (tertiary/aromatic N) is 4. The number of aromatic nitrogens is 4. The monoisotopic (exact) mass is 485 g/mol. The molecule has 0 bridgehead atoms. The molecule has 0 unspecified atom stereocenters. The molecule has 1 saturated heterocycles. The fraction of sp³-hybridized carbons (Fsp3) is 0.353. The average Bonchev–Trinajstić information content (AvgIpc) is 3.31. The van der Waals surface area contributed by atoms with Crippen molar-refractivity contribution in [3.63, 3.8) is 0 Å². The van der Waals surface area contributed by atoms with Crippen molar-refractivity contribution in [1.29, 1.82) is 0 Å². The van der Waals surface area contributed by atoms with Crippen molar-refractivity contribution in [2.24, 2.45) is 0 Å². The van der Waals surface area contributed by atoms with E-state index < -0.39 is 56.2 Å². The summed E-state index contributed by atoms with van der Waals surface area (Å²) in [7, 11) is -4.80. The Hall–Kier alpha value is -3.04. The smallest absolute Gasteiger partial charge is 0.469 e. The number of imidazole rings is 1. The molecule has 0 spiro atoms. The van der Waals surface area contributed by atoms with E-state index in [0.717, 1.165) is 0 Å². The number of phenolic OH excluding ortho intramolecular Hbond substituents is 3. The van der Waals surface area contributed by atoms with Gasteiger partial charge in [-0.25, -0.2) is 19.5 Å². The number of aromatic hydroxyl groups is 3. The average molecular weight is 485 g/mol. The van der Waals surface area contributed by atoms with E-state index in [9.17, 15) is 30.1 Å².